The quantitative estimate of drug-likeness (QED) is 0.628. The summed E-state index contributed by atoms with van der Waals surface area (Å²) in [6.45, 7) is 10.5. The zero-order valence-corrected chi connectivity index (χ0v) is 16.3. The maximum atomic E-state index is 12.0. The van der Waals surface area contributed by atoms with Crippen molar-refractivity contribution in [2.45, 2.75) is 53.1 Å². The lowest BCUT2D eigenvalue weighted by molar-refractivity contribution is -0.127. The summed E-state index contributed by atoms with van der Waals surface area (Å²) in [6, 6.07) is 4.96. The van der Waals surface area contributed by atoms with Crippen LogP contribution in [-0.2, 0) is 9.59 Å². The fourth-order valence-corrected chi connectivity index (χ4v) is 2.14. The lowest BCUT2D eigenvalue weighted by Crippen LogP contribution is -2.46. The van der Waals surface area contributed by atoms with Crippen LogP contribution >= 0.6 is 0 Å². The van der Waals surface area contributed by atoms with Gasteiger partial charge in [0.25, 0.3) is 0 Å². The molecule has 26 heavy (non-hydrogen) atoms. The molecule has 0 heterocycles. The second-order valence-corrected chi connectivity index (χ2v) is 5.95. The first-order valence-corrected chi connectivity index (χ1v) is 9.09. The van der Waals surface area contributed by atoms with E-state index in [4.69, 9.17) is 9.47 Å². The molecule has 0 aliphatic carbocycles. The molecule has 0 aliphatic rings. The van der Waals surface area contributed by atoms with Crippen LogP contribution in [0, 0.1) is 0 Å². The molecule has 2 atom stereocenters. The van der Waals surface area contributed by atoms with Crippen LogP contribution in [0.5, 0.6) is 11.5 Å². The maximum absolute atomic E-state index is 12.0. The van der Waals surface area contributed by atoms with Gasteiger partial charge in [-0.2, -0.15) is 0 Å². The van der Waals surface area contributed by atoms with Gasteiger partial charge < -0.3 is 20.1 Å². The topological polar surface area (TPSA) is 76.7 Å². The van der Waals surface area contributed by atoms with E-state index in [0.29, 0.717) is 24.7 Å². The van der Waals surface area contributed by atoms with E-state index in [1.165, 1.54) is 6.08 Å². The van der Waals surface area contributed by atoms with E-state index in [2.05, 4.69) is 10.6 Å². The molecule has 0 saturated heterocycles. The number of carbonyl (C=O) groups excluding carboxylic acids is 2. The standard InChI is InChI=1S/C20H30N2O4/c1-6-14(4)21-20(24)15(5)22-19(23)12-10-16-9-11-17(25-7-2)18(13-16)26-8-3/h9-15H,6-8H2,1-5H3,(H,21,24)(H,22,23)/b12-10+. The van der Waals surface area contributed by atoms with Gasteiger partial charge in [-0.25, -0.2) is 0 Å². The van der Waals surface area contributed by atoms with E-state index in [1.54, 1.807) is 13.0 Å². The molecule has 0 saturated carbocycles. The lowest BCUT2D eigenvalue weighted by atomic mass is 10.2. The molecule has 0 bridgehead atoms. The molecule has 0 radical (unpaired) electrons. The molecule has 2 unspecified atom stereocenters. The first-order chi connectivity index (χ1) is 12.4. The smallest absolute Gasteiger partial charge is 0.244 e. The number of nitrogens with one attached hydrogen (secondary N) is 2. The van der Waals surface area contributed by atoms with Crippen LogP contribution in [0.25, 0.3) is 6.08 Å². The Morgan fingerprint density at radius 3 is 2.31 bits per heavy atom. The third kappa shape index (κ3) is 7.17. The third-order valence-corrected chi connectivity index (χ3v) is 3.75. The van der Waals surface area contributed by atoms with Gasteiger partial charge in [-0.05, 0) is 57.9 Å². The molecule has 1 aromatic carbocycles. The molecule has 6 heteroatoms. The molecule has 6 nitrogen and oxygen atoms in total. The molecule has 2 N–H and O–H groups in total. The number of hydrogen-bond acceptors (Lipinski definition) is 4. The van der Waals surface area contributed by atoms with Crippen molar-refractivity contribution >= 4 is 17.9 Å². The van der Waals surface area contributed by atoms with E-state index in [-0.39, 0.29) is 17.9 Å². The van der Waals surface area contributed by atoms with E-state index in [1.807, 2.05) is 45.9 Å². The molecule has 1 rings (SSSR count). The zero-order chi connectivity index (χ0) is 19.5. The van der Waals surface area contributed by atoms with Gasteiger partial charge in [0.15, 0.2) is 11.5 Å². The number of rotatable bonds is 10. The lowest BCUT2D eigenvalue weighted by Gasteiger charge is -2.16. The summed E-state index contributed by atoms with van der Waals surface area (Å²) in [6.07, 6.45) is 3.91. The first kappa shape index (κ1) is 21.5. The van der Waals surface area contributed by atoms with Crippen LogP contribution in [0.3, 0.4) is 0 Å². The van der Waals surface area contributed by atoms with Crippen LogP contribution in [-0.4, -0.2) is 37.1 Å². The monoisotopic (exact) mass is 362 g/mol. The Labute approximate surface area is 156 Å². The molecular weight excluding hydrogens is 332 g/mol. The minimum Gasteiger partial charge on any atom is -0.490 e. The fourth-order valence-electron chi connectivity index (χ4n) is 2.14. The summed E-state index contributed by atoms with van der Waals surface area (Å²) in [5.41, 5.74) is 0.809. The molecule has 0 aliphatic heterocycles. The molecule has 144 valence electrons. The van der Waals surface area contributed by atoms with E-state index < -0.39 is 6.04 Å². The van der Waals surface area contributed by atoms with Crippen LogP contribution in [0.2, 0.25) is 0 Å². The van der Waals surface area contributed by atoms with Gasteiger partial charge in [0.2, 0.25) is 11.8 Å². The van der Waals surface area contributed by atoms with Crippen molar-refractivity contribution < 1.29 is 19.1 Å². The van der Waals surface area contributed by atoms with Crippen LogP contribution in [0.4, 0.5) is 0 Å². The summed E-state index contributed by atoms with van der Waals surface area (Å²) in [5, 5.41) is 5.50. The highest BCUT2D eigenvalue weighted by Crippen LogP contribution is 2.28. The number of carbonyl (C=O) groups is 2. The van der Waals surface area contributed by atoms with Crippen LogP contribution in [0.15, 0.2) is 24.3 Å². The maximum Gasteiger partial charge on any atom is 0.244 e. The van der Waals surface area contributed by atoms with Gasteiger partial charge in [-0.15, -0.1) is 0 Å². The number of amides is 2. The molecule has 1 aromatic rings. The predicted molar refractivity (Wildman–Crippen MR) is 103 cm³/mol. The molecular formula is C20H30N2O4. The van der Waals surface area contributed by atoms with Crippen molar-refractivity contribution in [2.75, 3.05) is 13.2 Å². The Morgan fingerprint density at radius 2 is 1.69 bits per heavy atom. The Morgan fingerprint density at radius 1 is 1.04 bits per heavy atom. The van der Waals surface area contributed by atoms with Gasteiger partial charge in [0.1, 0.15) is 6.04 Å². The van der Waals surface area contributed by atoms with Crippen LogP contribution in [0.1, 0.15) is 46.6 Å². The van der Waals surface area contributed by atoms with Gasteiger partial charge in [0.05, 0.1) is 13.2 Å². The predicted octanol–water partition coefficient (Wildman–Crippen LogP) is 2.92. The Hall–Kier alpha value is -2.50. The second kappa shape index (κ2) is 11.2. The SMILES string of the molecule is CCOc1ccc(/C=C/C(=O)NC(C)C(=O)NC(C)CC)cc1OCC. The average molecular weight is 362 g/mol. The van der Waals surface area contributed by atoms with Crippen molar-refractivity contribution in [2.24, 2.45) is 0 Å². The van der Waals surface area contributed by atoms with E-state index in [9.17, 15) is 9.59 Å². The Balaban J connectivity index is 2.69. The molecule has 0 spiro atoms. The Kier molecular flexibility index (Phi) is 9.26. The molecule has 0 aromatic heterocycles. The van der Waals surface area contributed by atoms with Crippen molar-refractivity contribution in [3.05, 3.63) is 29.8 Å². The Bertz CT molecular complexity index is 628. The summed E-state index contributed by atoms with van der Waals surface area (Å²) in [4.78, 5) is 24.0. The van der Waals surface area contributed by atoms with Crippen molar-refractivity contribution in [3.8, 4) is 11.5 Å². The van der Waals surface area contributed by atoms with Crippen molar-refractivity contribution in [1.82, 2.24) is 10.6 Å². The molecule has 0 fully saturated rings. The average Bonchev–Trinajstić information content (AvgIpc) is 2.62. The fraction of sp³-hybridized carbons (Fsp3) is 0.500. The van der Waals surface area contributed by atoms with Gasteiger partial charge in [-0.3, -0.25) is 9.59 Å². The van der Waals surface area contributed by atoms with Gasteiger partial charge >= 0.3 is 0 Å². The van der Waals surface area contributed by atoms with Crippen molar-refractivity contribution in [3.63, 3.8) is 0 Å². The summed E-state index contributed by atoms with van der Waals surface area (Å²) in [7, 11) is 0. The third-order valence-electron chi connectivity index (χ3n) is 3.75. The normalized spacial score (nSPS) is 13.1. The summed E-state index contributed by atoms with van der Waals surface area (Å²) < 4.78 is 11.1. The van der Waals surface area contributed by atoms with Crippen LogP contribution < -0.4 is 20.1 Å². The molecule has 2 amide bonds. The highest BCUT2D eigenvalue weighted by Gasteiger charge is 2.15. The van der Waals surface area contributed by atoms with Gasteiger partial charge in [0, 0.05) is 12.1 Å². The second-order valence-electron chi connectivity index (χ2n) is 5.95. The highest BCUT2D eigenvalue weighted by molar-refractivity contribution is 5.95. The largest absolute Gasteiger partial charge is 0.490 e. The minimum atomic E-state index is -0.597. The number of ether oxygens (including phenoxy) is 2. The number of benzene rings is 1. The first-order valence-electron chi connectivity index (χ1n) is 9.09. The van der Waals surface area contributed by atoms with Crippen molar-refractivity contribution in [1.29, 1.82) is 0 Å². The number of hydrogen-bond donors (Lipinski definition) is 2. The van der Waals surface area contributed by atoms with E-state index >= 15 is 0 Å². The van der Waals surface area contributed by atoms with Gasteiger partial charge in [-0.1, -0.05) is 13.0 Å². The minimum absolute atomic E-state index is 0.0817. The summed E-state index contributed by atoms with van der Waals surface area (Å²) >= 11 is 0. The van der Waals surface area contributed by atoms with E-state index in [0.717, 1.165) is 12.0 Å². The summed E-state index contributed by atoms with van der Waals surface area (Å²) in [5.74, 6) is 0.786. The zero-order valence-electron chi connectivity index (χ0n) is 16.3. The highest BCUT2D eigenvalue weighted by atomic mass is 16.5.